The average Bonchev–Trinajstić information content (AvgIpc) is 2.83. The summed E-state index contributed by atoms with van der Waals surface area (Å²) in [7, 11) is 2.08. The van der Waals surface area contributed by atoms with Crippen LogP contribution in [0.1, 0.15) is 31.2 Å². The Morgan fingerprint density at radius 2 is 1.94 bits per heavy atom. The van der Waals surface area contributed by atoms with Crippen LogP contribution in [-0.2, 0) is 6.42 Å². The molecule has 4 nitrogen and oxygen atoms in total. The topological polar surface area (TPSA) is 55.0 Å². The van der Waals surface area contributed by atoms with Gasteiger partial charge in [-0.15, -0.1) is 0 Å². The maximum absolute atomic E-state index is 5.50. The molecule has 0 radical (unpaired) electrons. The zero-order valence-corrected chi connectivity index (χ0v) is 10.6. The van der Waals surface area contributed by atoms with E-state index in [0.717, 1.165) is 30.4 Å². The van der Waals surface area contributed by atoms with Gasteiger partial charge in [-0.1, -0.05) is 12.8 Å². The van der Waals surface area contributed by atoms with Gasteiger partial charge in [-0.2, -0.15) is 0 Å². The van der Waals surface area contributed by atoms with Crippen LogP contribution in [-0.4, -0.2) is 30.1 Å². The maximum atomic E-state index is 5.50. The van der Waals surface area contributed by atoms with Crippen molar-refractivity contribution < 1.29 is 0 Å². The minimum atomic E-state index is 0.653. The molecule has 0 saturated heterocycles. The number of rotatable bonds is 5. The van der Waals surface area contributed by atoms with E-state index >= 15 is 0 Å². The van der Waals surface area contributed by atoms with E-state index in [1.54, 1.807) is 0 Å². The fourth-order valence-electron chi connectivity index (χ4n) is 2.50. The van der Waals surface area contributed by atoms with Crippen LogP contribution in [0.4, 0.5) is 5.95 Å². The number of nitrogens with zero attached hydrogens (tertiary/aromatic N) is 3. The molecule has 0 aliphatic heterocycles. The van der Waals surface area contributed by atoms with Gasteiger partial charge < -0.3 is 10.6 Å². The monoisotopic (exact) mass is 234 g/mol. The molecule has 0 bridgehead atoms. The predicted octanol–water partition coefficient (Wildman–Crippen LogP) is 1.60. The summed E-state index contributed by atoms with van der Waals surface area (Å²) in [6.45, 7) is 1.73. The van der Waals surface area contributed by atoms with Crippen LogP contribution in [0.3, 0.4) is 0 Å². The quantitative estimate of drug-likeness (QED) is 0.841. The Balaban J connectivity index is 1.91. The summed E-state index contributed by atoms with van der Waals surface area (Å²) in [5, 5.41) is 0. The first-order chi connectivity index (χ1) is 8.29. The van der Waals surface area contributed by atoms with Gasteiger partial charge in [0.1, 0.15) is 0 Å². The van der Waals surface area contributed by atoms with Crippen molar-refractivity contribution in [2.45, 2.75) is 32.1 Å². The summed E-state index contributed by atoms with van der Waals surface area (Å²) >= 11 is 0. The Bertz CT molecular complexity index is 330. The Morgan fingerprint density at radius 1 is 1.29 bits per heavy atom. The zero-order valence-electron chi connectivity index (χ0n) is 10.6. The minimum Gasteiger partial charge on any atom is -0.344 e. The summed E-state index contributed by atoms with van der Waals surface area (Å²) in [5.41, 5.74) is 6.62. The van der Waals surface area contributed by atoms with Crippen molar-refractivity contribution in [1.82, 2.24) is 9.97 Å². The smallest absolute Gasteiger partial charge is 0.224 e. The second kappa shape index (κ2) is 5.96. The third-order valence-corrected chi connectivity index (χ3v) is 3.47. The first-order valence-electron chi connectivity index (χ1n) is 6.51. The number of nitrogens with two attached hydrogens (primary N) is 1. The second-order valence-electron chi connectivity index (χ2n) is 4.96. The molecule has 0 unspecified atom stereocenters. The molecule has 4 heteroatoms. The van der Waals surface area contributed by atoms with E-state index < -0.39 is 0 Å². The molecule has 0 atom stereocenters. The molecular weight excluding hydrogens is 212 g/mol. The molecule has 2 rings (SSSR count). The summed E-state index contributed by atoms with van der Waals surface area (Å²) in [6, 6.07) is 0. The lowest BCUT2D eigenvalue weighted by Crippen LogP contribution is -2.25. The highest BCUT2D eigenvalue weighted by molar-refractivity contribution is 5.28. The lowest BCUT2D eigenvalue weighted by Gasteiger charge is -2.20. The van der Waals surface area contributed by atoms with Crippen LogP contribution in [0.5, 0.6) is 0 Å². The van der Waals surface area contributed by atoms with E-state index in [9.17, 15) is 0 Å². The van der Waals surface area contributed by atoms with Crippen LogP contribution in [0.15, 0.2) is 12.4 Å². The predicted molar refractivity (Wildman–Crippen MR) is 70.0 cm³/mol. The van der Waals surface area contributed by atoms with E-state index in [-0.39, 0.29) is 0 Å². The number of hydrogen-bond acceptors (Lipinski definition) is 4. The molecule has 1 aromatic rings. The maximum Gasteiger partial charge on any atom is 0.224 e. The molecule has 1 aliphatic rings. The van der Waals surface area contributed by atoms with Gasteiger partial charge >= 0.3 is 0 Å². The third-order valence-electron chi connectivity index (χ3n) is 3.47. The van der Waals surface area contributed by atoms with Crippen molar-refractivity contribution in [2.75, 3.05) is 25.0 Å². The van der Waals surface area contributed by atoms with E-state index in [1.165, 1.54) is 25.7 Å². The van der Waals surface area contributed by atoms with Gasteiger partial charge in [0.25, 0.3) is 0 Å². The van der Waals surface area contributed by atoms with Gasteiger partial charge in [-0.25, -0.2) is 9.97 Å². The van der Waals surface area contributed by atoms with Crippen LogP contribution in [0.25, 0.3) is 0 Å². The average molecular weight is 234 g/mol. The summed E-state index contributed by atoms with van der Waals surface area (Å²) < 4.78 is 0. The van der Waals surface area contributed by atoms with E-state index in [4.69, 9.17) is 5.73 Å². The summed E-state index contributed by atoms with van der Waals surface area (Å²) in [4.78, 5) is 11.0. The fourth-order valence-corrected chi connectivity index (χ4v) is 2.50. The van der Waals surface area contributed by atoms with Gasteiger partial charge in [-0.3, -0.25) is 0 Å². The van der Waals surface area contributed by atoms with Gasteiger partial charge in [0.05, 0.1) is 0 Å². The molecule has 94 valence electrons. The van der Waals surface area contributed by atoms with E-state index in [2.05, 4.69) is 21.9 Å². The van der Waals surface area contributed by atoms with Gasteiger partial charge in [0.2, 0.25) is 5.95 Å². The Kier molecular flexibility index (Phi) is 4.31. The Hall–Kier alpha value is -1.16. The molecule has 0 amide bonds. The van der Waals surface area contributed by atoms with Crippen molar-refractivity contribution in [2.24, 2.45) is 11.7 Å². The molecule has 2 N–H and O–H groups in total. The number of aromatic nitrogens is 2. The fraction of sp³-hybridized carbons (Fsp3) is 0.692. The number of hydrogen-bond donors (Lipinski definition) is 1. The molecular formula is C13H22N4. The second-order valence-corrected chi connectivity index (χ2v) is 4.96. The lowest BCUT2D eigenvalue weighted by atomic mass is 10.1. The van der Waals surface area contributed by atoms with Crippen molar-refractivity contribution in [3.63, 3.8) is 0 Å². The Morgan fingerprint density at radius 3 is 2.53 bits per heavy atom. The molecule has 1 fully saturated rings. The van der Waals surface area contributed by atoms with E-state index in [0.29, 0.717) is 6.54 Å². The molecule has 0 aromatic carbocycles. The summed E-state index contributed by atoms with van der Waals surface area (Å²) in [5.74, 6) is 1.66. The van der Waals surface area contributed by atoms with Gasteiger partial charge in [0, 0.05) is 26.0 Å². The first kappa shape index (κ1) is 12.3. The van der Waals surface area contributed by atoms with Crippen LogP contribution in [0.2, 0.25) is 0 Å². The molecule has 1 heterocycles. The van der Waals surface area contributed by atoms with Gasteiger partial charge in [0.15, 0.2) is 0 Å². The zero-order chi connectivity index (χ0) is 12.1. The minimum absolute atomic E-state index is 0.653. The van der Waals surface area contributed by atoms with E-state index in [1.807, 2.05) is 12.4 Å². The third kappa shape index (κ3) is 3.40. The lowest BCUT2D eigenvalue weighted by molar-refractivity contribution is 0.542. The Labute approximate surface area is 103 Å². The standard InChI is InChI=1S/C13H22N4/c1-17(10-11-4-2-3-5-11)13-15-8-12(6-7-14)9-16-13/h8-9,11H,2-7,10,14H2,1H3. The van der Waals surface area contributed by atoms with Crippen LogP contribution in [0, 0.1) is 5.92 Å². The molecule has 1 saturated carbocycles. The molecule has 0 spiro atoms. The van der Waals surface area contributed by atoms with Crippen LogP contribution >= 0.6 is 0 Å². The highest BCUT2D eigenvalue weighted by atomic mass is 15.2. The first-order valence-corrected chi connectivity index (χ1v) is 6.51. The normalized spacial score (nSPS) is 16.4. The molecule has 17 heavy (non-hydrogen) atoms. The van der Waals surface area contributed by atoms with Crippen LogP contribution < -0.4 is 10.6 Å². The van der Waals surface area contributed by atoms with Gasteiger partial charge in [-0.05, 0) is 37.3 Å². The van der Waals surface area contributed by atoms with Crippen molar-refractivity contribution in [1.29, 1.82) is 0 Å². The number of anilines is 1. The highest BCUT2D eigenvalue weighted by Crippen LogP contribution is 2.25. The summed E-state index contributed by atoms with van der Waals surface area (Å²) in [6.07, 6.45) is 10.1. The van der Waals surface area contributed by atoms with Crippen molar-refractivity contribution in [3.05, 3.63) is 18.0 Å². The molecule has 1 aromatic heterocycles. The van der Waals surface area contributed by atoms with Crippen molar-refractivity contribution in [3.8, 4) is 0 Å². The molecule has 1 aliphatic carbocycles. The SMILES string of the molecule is CN(CC1CCCC1)c1ncc(CCN)cn1. The largest absolute Gasteiger partial charge is 0.344 e. The van der Waals surface area contributed by atoms with Crippen molar-refractivity contribution >= 4 is 5.95 Å². The highest BCUT2D eigenvalue weighted by Gasteiger charge is 2.17.